The second-order valence-corrected chi connectivity index (χ2v) is 5.20. The van der Waals surface area contributed by atoms with E-state index in [0.717, 1.165) is 18.7 Å². The molecule has 15 heavy (non-hydrogen) atoms. The van der Waals surface area contributed by atoms with E-state index >= 15 is 0 Å². The van der Waals surface area contributed by atoms with Crippen LogP contribution in [-0.4, -0.2) is 13.7 Å². The first-order valence-corrected chi connectivity index (χ1v) is 5.43. The number of fused-ring (bicyclic) bond motifs is 1. The minimum absolute atomic E-state index is 0.339. The van der Waals surface area contributed by atoms with Crippen LogP contribution in [-0.2, 0) is 6.42 Å². The lowest BCUT2D eigenvalue weighted by molar-refractivity contribution is 0.371. The lowest BCUT2D eigenvalue weighted by Crippen LogP contribution is -2.30. The van der Waals surface area contributed by atoms with E-state index in [1.165, 1.54) is 16.8 Å². The van der Waals surface area contributed by atoms with E-state index in [1.54, 1.807) is 7.11 Å². The molecule has 1 heterocycles. The summed E-state index contributed by atoms with van der Waals surface area (Å²) in [5.74, 6) is 0.973. The highest BCUT2D eigenvalue weighted by Gasteiger charge is 2.26. The Hall–Kier alpha value is -1.18. The summed E-state index contributed by atoms with van der Waals surface area (Å²) in [5, 5.41) is 3.47. The van der Waals surface area contributed by atoms with Crippen LogP contribution >= 0.6 is 0 Å². The van der Waals surface area contributed by atoms with E-state index in [2.05, 4.69) is 38.2 Å². The maximum atomic E-state index is 5.40. The second-order valence-electron chi connectivity index (χ2n) is 5.20. The molecule has 82 valence electrons. The molecule has 0 amide bonds. The SMILES string of the molecule is COc1cc(C)cc2c1NCC(C)(C)C2. The Morgan fingerprint density at radius 2 is 2.07 bits per heavy atom. The predicted molar refractivity (Wildman–Crippen MR) is 63.7 cm³/mol. The molecular weight excluding hydrogens is 186 g/mol. The minimum atomic E-state index is 0.339. The van der Waals surface area contributed by atoms with Crippen molar-refractivity contribution < 1.29 is 4.74 Å². The molecule has 0 unspecified atom stereocenters. The second kappa shape index (κ2) is 3.44. The smallest absolute Gasteiger partial charge is 0.142 e. The maximum Gasteiger partial charge on any atom is 0.142 e. The Labute approximate surface area is 91.6 Å². The molecule has 1 aromatic carbocycles. The third-order valence-electron chi connectivity index (χ3n) is 2.96. The summed E-state index contributed by atoms with van der Waals surface area (Å²) in [6, 6.07) is 4.34. The Bertz CT molecular complexity index is 382. The van der Waals surface area contributed by atoms with Gasteiger partial charge in [-0.15, -0.1) is 0 Å². The topological polar surface area (TPSA) is 21.3 Å². The van der Waals surface area contributed by atoms with Gasteiger partial charge < -0.3 is 10.1 Å². The van der Waals surface area contributed by atoms with E-state index in [-0.39, 0.29) is 0 Å². The summed E-state index contributed by atoms with van der Waals surface area (Å²) in [6.07, 6.45) is 1.12. The molecule has 0 saturated carbocycles. The van der Waals surface area contributed by atoms with Crippen molar-refractivity contribution in [2.75, 3.05) is 19.0 Å². The molecule has 0 radical (unpaired) electrons. The molecule has 1 aliphatic rings. The van der Waals surface area contributed by atoms with Crippen LogP contribution in [0.5, 0.6) is 5.75 Å². The largest absolute Gasteiger partial charge is 0.495 e. The van der Waals surface area contributed by atoms with Crippen LogP contribution in [0, 0.1) is 12.3 Å². The van der Waals surface area contributed by atoms with Crippen LogP contribution in [0.2, 0.25) is 0 Å². The molecule has 0 aliphatic carbocycles. The number of nitrogens with one attached hydrogen (secondary N) is 1. The molecule has 0 aromatic heterocycles. The Morgan fingerprint density at radius 1 is 1.33 bits per heavy atom. The molecule has 1 N–H and O–H groups in total. The standard InChI is InChI=1S/C13H19NO/c1-9-5-10-7-13(2,3)8-14-12(10)11(6-9)15-4/h5-6,14H,7-8H2,1-4H3. The fourth-order valence-electron chi connectivity index (χ4n) is 2.23. The maximum absolute atomic E-state index is 5.40. The van der Waals surface area contributed by atoms with Gasteiger partial charge in [0.2, 0.25) is 0 Å². The average Bonchev–Trinajstić information content (AvgIpc) is 2.14. The van der Waals surface area contributed by atoms with Gasteiger partial charge in [-0.1, -0.05) is 19.9 Å². The molecule has 2 heteroatoms. The van der Waals surface area contributed by atoms with Gasteiger partial charge in [-0.25, -0.2) is 0 Å². The van der Waals surface area contributed by atoms with Crippen LogP contribution in [0.25, 0.3) is 0 Å². The first-order valence-electron chi connectivity index (χ1n) is 5.43. The third-order valence-corrected chi connectivity index (χ3v) is 2.96. The number of benzene rings is 1. The fraction of sp³-hybridized carbons (Fsp3) is 0.538. The summed E-state index contributed by atoms with van der Waals surface area (Å²) in [7, 11) is 1.73. The normalized spacial score (nSPS) is 17.9. The van der Waals surface area contributed by atoms with Crippen LogP contribution in [0.4, 0.5) is 5.69 Å². The summed E-state index contributed by atoms with van der Waals surface area (Å²) in [6.45, 7) is 7.71. The molecular formula is C13H19NO. The van der Waals surface area contributed by atoms with E-state index in [4.69, 9.17) is 4.74 Å². The van der Waals surface area contributed by atoms with Crippen molar-refractivity contribution in [2.24, 2.45) is 5.41 Å². The first-order chi connectivity index (χ1) is 7.02. The summed E-state index contributed by atoms with van der Waals surface area (Å²) in [5.41, 5.74) is 4.17. The van der Waals surface area contributed by atoms with Crippen molar-refractivity contribution in [3.8, 4) is 5.75 Å². The highest BCUT2D eigenvalue weighted by atomic mass is 16.5. The van der Waals surface area contributed by atoms with Crippen molar-refractivity contribution in [3.63, 3.8) is 0 Å². The van der Waals surface area contributed by atoms with Crippen LogP contribution in [0.15, 0.2) is 12.1 Å². The van der Waals surface area contributed by atoms with Crippen molar-refractivity contribution >= 4 is 5.69 Å². The van der Waals surface area contributed by atoms with Gasteiger partial charge in [0.25, 0.3) is 0 Å². The summed E-state index contributed by atoms with van der Waals surface area (Å²) < 4.78 is 5.40. The van der Waals surface area contributed by atoms with Crippen molar-refractivity contribution in [1.82, 2.24) is 0 Å². The molecule has 2 nitrogen and oxygen atoms in total. The zero-order chi connectivity index (χ0) is 11.1. The molecule has 1 aliphatic heterocycles. The van der Waals surface area contributed by atoms with Gasteiger partial charge in [0.15, 0.2) is 0 Å². The van der Waals surface area contributed by atoms with Gasteiger partial charge in [-0.05, 0) is 36.0 Å². The molecule has 0 bridgehead atoms. The summed E-state index contributed by atoms with van der Waals surface area (Å²) in [4.78, 5) is 0. The zero-order valence-corrected chi connectivity index (χ0v) is 9.98. The van der Waals surface area contributed by atoms with Crippen molar-refractivity contribution in [2.45, 2.75) is 27.2 Å². The Kier molecular flexibility index (Phi) is 2.37. The Balaban J connectivity index is 2.47. The molecule has 0 fully saturated rings. The van der Waals surface area contributed by atoms with Gasteiger partial charge in [0.05, 0.1) is 12.8 Å². The highest BCUT2D eigenvalue weighted by molar-refractivity contribution is 5.65. The van der Waals surface area contributed by atoms with E-state index in [0.29, 0.717) is 5.41 Å². The van der Waals surface area contributed by atoms with Crippen LogP contribution < -0.4 is 10.1 Å². The molecule has 0 spiro atoms. The first kappa shape index (κ1) is 10.3. The lowest BCUT2D eigenvalue weighted by atomic mass is 9.81. The molecule has 1 aromatic rings. The number of ether oxygens (including phenoxy) is 1. The van der Waals surface area contributed by atoms with E-state index in [1.807, 2.05) is 0 Å². The zero-order valence-electron chi connectivity index (χ0n) is 9.98. The number of rotatable bonds is 1. The highest BCUT2D eigenvalue weighted by Crippen LogP contribution is 2.38. The number of hydrogen-bond acceptors (Lipinski definition) is 2. The van der Waals surface area contributed by atoms with Gasteiger partial charge in [-0.2, -0.15) is 0 Å². The molecule has 0 atom stereocenters. The quantitative estimate of drug-likeness (QED) is 0.761. The van der Waals surface area contributed by atoms with Gasteiger partial charge in [0.1, 0.15) is 5.75 Å². The third kappa shape index (κ3) is 1.94. The van der Waals surface area contributed by atoms with E-state index in [9.17, 15) is 0 Å². The lowest BCUT2D eigenvalue weighted by Gasteiger charge is -2.33. The number of hydrogen-bond donors (Lipinski definition) is 1. The number of methoxy groups -OCH3 is 1. The van der Waals surface area contributed by atoms with Crippen LogP contribution in [0.1, 0.15) is 25.0 Å². The Morgan fingerprint density at radius 3 is 2.73 bits per heavy atom. The van der Waals surface area contributed by atoms with Gasteiger partial charge in [0, 0.05) is 6.54 Å². The molecule has 2 rings (SSSR count). The van der Waals surface area contributed by atoms with Gasteiger partial charge >= 0.3 is 0 Å². The number of anilines is 1. The minimum Gasteiger partial charge on any atom is -0.495 e. The molecule has 0 saturated heterocycles. The fourth-order valence-corrected chi connectivity index (χ4v) is 2.23. The predicted octanol–water partition coefficient (Wildman–Crippen LogP) is 3.00. The van der Waals surface area contributed by atoms with Crippen molar-refractivity contribution in [1.29, 1.82) is 0 Å². The van der Waals surface area contributed by atoms with Gasteiger partial charge in [-0.3, -0.25) is 0 Å². The monoisotopic (exact) mass is 205 g/mol. The van der Waals surface area contributed by atoms with E-state index < -0.39 is 0 Å². The number of aryl methyl sites for hydroxylation is 1. The average molecular weight is 205 g/mol. The summed E-state index contributed by atoms with van der Waals surface area (Å²) >= 11 is 0. The van der Waals surface area contributed by atoms with Crippen molar-refractivity contribution in [3.05, 3.63) is 23.3 Å². The van der Waals surface area contributed by atoms with Crippen LogP contribution in [0.3, 0.4) is 0 Å².